The van der Waals surface area contributed by atoms with Crippen LogP contribution in [0, 0.1) is 5.82 Å². The maximum atomic E-state index is 15.6. The topological polar surface area (TPSA) is 122 Å². The Labute approximate surface area is 247 Å². The smallest absolute Gasteiger partial charge is 0.489 e. The molecule has 0 radical (unpaired) electrons. The van der Waals surface area contributed by atoms with Gasteiger partial charge < -0.3 is 34.0 Å². The standard InChI is InChI=1S/C29H32ClFN4O7/c1-28(2,3)42-27(39)41-18-7-4-6-17(31)19(18)22-21(30)23-20(24(32-22)35-11-10-29(35)8-5-9-29)25(36)34-13-12-33(26(37)38)14-16(34)15-40-23/h4,6-7,16H,5,8-15H2,1-3H3,(H,37,38)/t16-/m1/s1. The zero-order valence-corrected chi connectivity index (χ0v) is 24.4. The zero-order valence-electron chi connectivity index (χ0n) is 23.6. The van der Waals surface area contributed by atoms with Gasteiger partial charge in [0.1, 0.15) is 45.9 Å². The Morgan fingerprint density at radius 2 is 1.93 bits per heavy atom. The lowest BCUT2D eigenvalue weighted by Crippen LogP contribution is -2.65. The molecule has 3 fully saturated rings. The number of aromatic nitrogens is 1. The summed E-state index contributed by atoms with van der Waals surface area (Å²) in [6.07, 6.45) is 1.75. The van der Waals surface area contributed by atoms with Gasteiger partial charge in [0, 0.05) is 31.7 Å². The summed E-state index contributed by atoms with van der Waals surface area (Å²) in [5.74, 6) is -0.888. The molecule has 224 valence electrons. The fourth-order valence-electron chi connectivity index (χ4n) is 6.14. The molecular weight excluding hydrogens is 571 g/mol. The molecule has 1 saturated carbocycles. The van der Waals surface area contributed by atoms with Gasteiger partial charge in [-0.1, -0.05) is 17.7 Å². The molecule has 1 spiro atoms. The van der Waals surface area contributed by atoms with E-state index < -0.39 is 29.7 Å². The second kappa shape index (κ2) is 10.2. The maximum absolute atomic E-state index is 15.6. The Morgan fingerprint density at radius 3 is 2.55 bits per heavy atom. The van der Waals surface area contributed by atoms with Crippen LogP contribution >= 0.6 is 11.6 Å². The number of fused-ring (bicyclic) bond motifs is 2. The number of halogens is 2. The highest BCUT2D eigenvalue weighted by atomic mass is 35.5. The summed E-state index contributed by atoms with van der Waals surface area (Å²) in [5, 5.41) is 9.42. The number of ether oxygens (including phenoxy) is 3. The van der Waals surface area contributed by atoms with Crippen molar-refractivity contribution in [2.75, 3.05) is 37.7 Å². The number of hydrogen-bond acceptors (Lipinski definition) is 8. The van der Waals surface area contributed by atoms with Gasteiger partial charge in [-0.3, -0.25) is 4.79 Å². The number of pyridine rings is 1. The number of carbonyl (C=O) groups excluding carboxylic acids is 2. The summed E-state index contributed by atoms with van der Waals surface area (Å²) < 4.78 is 32.5. The summed E-state index contributed by atoms with van der Waals surface area (Å²) in [6.45, 7) is 6.09. The predicted molar refractivity (Wildman–Crippen MR) is 150 cm³/mol. The minimum atomic E-state index is -1.07. The molecule has 13 heteroatoms. The molecule has 2 aromatic rings. The van der Waals surface area contributed by atoms with Crippen LogP contribution in [0.25, 0.3) is 11.3 Å². The number of carbonyl (C=O) groups is 3. The molecule has 1 aliphatic carbocycles. The largest absolute Gasteiger partial charge is 0.514 e. The fourth-order valence-corrected chi connectivity index (χ4v) is 6.42. The van der Waals surface area contributed by atoms with Crippen molar-refractivity contribution in [3.63, 3.8) is 0 Å². The third kappa shape index (κ3) is 4.75. The van der Waals surface area contributed by atoms with Crippen molar-refractivity contribution in [1.82, 2.24) is 14.8 Å². The van der Waals surface area contributed by atoms with Crippen LogP contribution in [0.5, 0.6) is 11.5 Å². The first kappa shape index (κ1) is 28.3. The Balaban J connectivity index is 1.48. The molecule has 1 N–H and O–H groups in total. The van der Waals surface area contributed by atoms with E-state index in [1.807, 2.05) is 0 Å². The van der Waals surface area contributed by atoms with Gasteiger partial charge in [0.2, 0.25) is 0 Å². The maximum Gasteiger partial charge on any atom is 0.514 e. The summed E-state index contributed by atoms with van der Waals surface area (Å²) >= 11 is 6.90. The molecule has 6 rings (SSSR count). The number of nitrogens with zero attached hydrogens (tertiary/aromatic N) is 4. The van der Waals surface area contributed by atoms with E-state index >= 15 is 4.39 Å². The van der Waals surface area contributed by atoms with Gasteiger partial charge in [-0.2, -0.15) is 0 Å². The number of rotatable bonds is 3. The molecule has 1 aromatic carbocycles. The number of anilines is 1. The number of benzene rings is 1. The molecule has 4 heterocycles. The number of piperazine rings is 1. The van der Waals surface area contributed by atoms with Gasteiger partial charge in [0.25, 0.3) is 5.91 Å². The number of amides is 2. The Bertz CT molecular complexity index is 1470. The van der Waals surface area contributed by atoms with Crippen LogP contribution < -0.4 is 14.4 Å². The summed E-state index contributed by atoms with van der Waals surface area (Å²) in [6, 6.07) is 3.46. The van der Waals surface area contributed by atoms with E-state index in [0.29, 0.717) is 12.4 Å². The van der Waals surface area contributed by atoms with Crippen LogP contribution in [0.15, 0.2) is 18.2 Å². The molecule has 1 atom stereocenters. The molecule has 3 aliphatic heterocycles. The van der Waals surface area contributed by atoms with Crippen molar-refractivity contribution < 1.29 is 38.1 Å². The monoisotopic (exact) mass is 602 g/mol. The van der Waals surface area contributed by atoms with E-state index in [9.17, 15) is 19.5 Å². The van der Waals surface area contributed by atoms with E-state index in [2.05, 4.69) is 4.90 Å². The summed E-state index contributed by atoms with van der Waals surface area (Å²) in [5.41, 5.74) is -1.03. The molecule has 2 amide bonds. The lowest BCUT2D eigenvalue weighted by Gasteiger charge is -2.59. The van der Waals surface area contributed by atoms with Crippen LogP contribution in [0.1, 0.15) is 56.8 Å². The Hall–Kier alpha value is -3.80. The van der Waals surface area contributed by atoms with Crippen LogP contribution in [-0.2, 0) is 4.74 Å². The highest BCUT2D eigenvalue weighted by molar-refractivity contribution is 6.35. The fraction of sp³-hybridized carbons (Fsp3) is 0.517. The lowest BCUT2D eigenvalue weighted by atomic mass is 9.67. The molecule has 4 aliphatic rings. The third-order valence-corrected chi connectivity index (χ3v) is 8.78. The van der Waals surface area contributed by atoms with Crippen LogP contribution in [0.3, 0.4) is 0 Å². The van der Waals surface area contributed by atoms with E-state index in [0.717, 1.165) is 25.7 Å². The average molecular weight is 603 g/mol. The minimum Gasteiger partial charge on any atom is -0.489 e. The Kier molecular flexibility index (Phi) is 6.87. The van der Waals surface area contributed by atoms with Gasteiger partial charge in [-0.15, -0.1) is 0 Å². The van der Waals surface area contributed by atoms with E-state index in [1.54, 1.807) is 25.7 Å². The lowest BCUT2D eigenvalue weighted by molar-refractivity contribution is 0.0206. The first-order valence-electron chi connectivity index (χ1n) is 14.0. The van der Waals surface area contributed by atoms with Gasteiger partial charge >= 0.3 is 12.2 Å². The Morgan fingerprint density at radius 1 is 1.17 bits per heavy atom. The summed E-state index contributed by atoms with van der Waals surface area (Å²) in [7, 11) is 0. The second-order valence-corrected chi connectivity index (χ2v) is 12.5. The van der Waals surface area contributed by atoms with E-state index in [4.69, 9.17) is 30.8 Å². The highest BCUT2D eigenvalue weighted by Crippen LogP contribution is 2.53. The summed E-state index contributed by atoms with van der Waals surface area (Å²) in [4.78, 5) is 48.1. The van der Waals surface area contributed by atoms with Crippen molar-refractivity contribution in [3.05, 3.63) is 34.6 Å². The quantitative estimate of drug-likeness (QED) is 0.374. The minimum absolute atomic E-state index is 0.0190. The molecule has 1 aromatic heterocycles. The zero-order chi connectivity index (χ0) is 30.0. The van der Waals surface area contributed by atoms with Crippen molar-refractivity contribution in [1.29, 1.82) is 0 Å². The third-order valence-electron chi connectivity index (χ3n) is 8.43. The van der Waals surface area contributed by atoms with Gasteiger partial charge in [-0.05, 0) is 58.6 Å². The molecule has 0 unspecified atom stereocenters. The van der Waals surface area contributed by atoms with Crippen LogP contribution in [0.2, 0.25) is 5.02 Å². The van der Waals surface area contributed by atoms with Gasteiger partial charge in [-0.25, -0.2) is 19.0 Å². The molecule has 0 bridgehead atoms. The SMILES string of the molecule is CC(C)(C)OC(=O)Oc1cccc(F)c1-c1nc(N2CCC23CCC3)c2c(c1Cl)OC[C@H]1CN(C(=O)O)CCN1C2=O. The van der Waals surface area contributed by atoms with Crippen molar-refractivity contribution >= 4 is 35.6 Å². The normalized spacial score (nSPS) is 20.9. The van der Waals surface area contributed by atoms with Crippen molar-refractivity contribution in [2.24, 2.45) is 0 Å². The first-order valence-corrected chi connectivity index (χ1v) is 14.4. The molecule has 42 heavy (non-hydrogen) atoms. The number of hydrogen-bond donors (Lipinski definition) is 1. The van der Waals surface area contributed by atoms with Gasteiger partial charge in [0.05, 0.1) is 11.6 Å². The van der Waals surface area contributed by atoms with Crippen molar-refractivity contribution in [3.8, 4) is 22.8 Å². The molecule has 11 nitrogen and oxygen atoms in total. The molecular formula is C29H32ClFN4O7. The highest BCUT2D eigenvalue weighted by Gasteiger charge is 2.52. The van der Waals surface area contributed by atoms with Gasteiger partial charge in [0.15, 0.2) is 5.75 Å². The molecule has 2 saturated heterocycles. The predicted octanol–water partition coefficient (Wildman–Crippen LogP) is 5.18. The average Bonchev–Trinajstić information content (AvgIpc) is 3.00. The second-order valence-electron chi connectivity index (χ2n) is 12.2. The van der Waals surface area contributed by atoms with Crippen LogP contribution in [0.4, 0.5) is 19.8 Å². The van der Waals surface area contributed by atoms with Crippen LogP contribution in [-0.4, -0.2) is 88.0 Å². The first-order chi connectivity index (χ1) is 19.9. The van der Waals surface area contributed by atoms with E-state index in [-0.39, 0.29) is 71.0 Å². The number of carboxylic acid groups (broad SMARTS) is 1. The van der Waals surface area contributed by atoms with E-state index in [1.165, 1.54) is 23.1 Å². The van der Waals surface area contributed by atoms with Crippen molar-refractivity contribution in [2.45, 2.75) is 63.6 Å².